The number of rotatable bonds is 3. The lowest BCUT2D eigenvalue weighted by molar-refractivity contribution is 0.628. The predicted octanol–water partition coefficient (Wildman–Crippen LogP) is 1.41. The summed E-state index contributed by atoms with van der Waals surface area (Å²) in [5.74, 6) is 6.00. The maximum Gasteiger partial charge on any atom is 0.211 e. The molecule has 0 aliphatic heterocycles. The van der Waals surface area contributed by atoms with Crippen LogP contribution in [-0.4, -0.2) is 20.6 Å². The molecule has 0 unspecified atom stereocenters. The number of benzene rings is 1. The normalized spacial score (nSPS) is 10.1. The Kier molecular flexibility index (Phi) is 3.25. The number of aromatic nitrogens is 3. The minimum Gasteiger partial charge on any atom is -0.335 e. The molecule has 1 aromatic heterocycles. The van der Waals surface area contributed by atoms with E-state index >= 15 is 0 Å². The quantitative estimate of drug-likeness (QED) is 0.657. The molecule has 17 heavy (non-hydrogen) atoms. The summed E-state index contributed by atoms with van der Waals surface area (Å²) in [6, 6.07) is 7.89. The minimum atomic E-state index is -0.364. The van der Waals surface area contributed by atoms with Gasteiger partial charge in [0.1, 0.15) is 5.82 Å². The molecule has 5 nitrogen and oxygen atoms in total. The van der Waals surface area contributed by atoms with E-state index in [1.54, 1.807) is 12.1 Å². The Labute approximate surface area is 101 Å². The fraction of sp³-hybridized carbons (Fsp3) is 0.100. The van der Waals surface area contributed by atoms with Gasteiger partial charge in [0, 0.05) is 5.56 Å². The summed E-state index contributed by atoms with van der Waals surface area (Å²) in [5.41, 5.74) is 0.545. The molecule has 0 fully saturated rings. The van der Waals surface area contributed by atoms with Crippen molar-refractivity contribution in [3.8, 4) is 17.5 Å². The first-order valence-corrected chi connectivity index (χ1v) is 5.67. The summed E-state index contributed by atoms with van der Waals surface area (Å²) in [7, 11) is 0. The van der Waals surface area contributed by atoms with Crippen molar-refractivity contribution in [1.82, 2.24) is 14.9 Å². The molecule has 2 rings (SSSR count). The van der Waals surface area contributed by atoms with Gasteiger partial charge in [-0.15, -0.1) is 10.2 Å². The number of nitrogens with zero attached hydrogens (tertiary/aromatic N) is 4. The smallest absolute Gasteiger partial charge is 0.211 e. The fourth-order valence-electron chi connectivity index (χ4n) is 1.30. The SMILES string of the molecule is N#CCSc1nnc(-c2cccc(F)c2)n1N. The molecule has 0 saturated carbocycles. The molecule has 0 aliphatic rings. The maximum absolute atomic E-state index is 13.0. The first kappa shape index (κ1) is 11.4. The Hall–Kier alpha value is -2.07. The van der Waals surface area contributed by atoms with Gasteiger partial charge in [-0.3, -0.25) is 0 Å². The molecule has 2 N–H and O–H groups in total. The molecule has 1 heterocycles. The predicted molar refractivity (Wildman–Crippen MR) is 61.9 cm³/mol. The van der Waals surface area contributed by atoms with Gasteiger partial charge in [0.25, 0.3) is 0 Å². The second-order valence-electron chi connectivity index (χ2n) is 3.13. The molecule has 0 saturated heterocycles. The second kappa shape index (κ2) is 4.84. The molecule has 2 aromatic rings. The fourth-order valence-corrected chi connectivity index (χ4v) is 1.81. The maximum atomic E-state index is 13.0. The zero-order valence-corrected chi connectivity index (χ0v) is 9.49. The summed E-state index contributed by atoms with van der Waals surface area (Å²) in [4.78, 5) is 0. The van der Waals surface area contributed by atoms with Crippen LogP contribution >= 0.6 is 11.8 Å². The number of hydrogen-bond acceptors (Lipinski definition) is 5. The molecule has 7 heteroatoms. The van der Waals surface area contributed by atoms with Crippen LogP contribution in [0.1, 0.15) is 0 Å². The largest absolute Gasteiger partial charge is 0.335 e. The number of hydrogen-bond donors (Lipinski definition) is 1. The highest BCUT2D eigenvalue weighted by atomic mass is 32.2. The topological polar surface area (TPSA) is 80.5 Å². The lowest BCUT2D eigenvalue weighted by Gasteiger charge is -2.02. The molecule has 0 aliphatic carbocycles. The van der Waals surface area contributed by atoms with Gasteiger partial charge >= 0.3 is 0 Å². The molecule has 86 valence electrons. The average Bonchev–Trinajstić information content (AvgIpc) is 2.68. The Bertz CT molecular complexity index is 574. The molecular weight excluding hydrogens is 241 g/mol. The lowest BCUT2D eigenvalue weighted by atomic mass is 10.2. The number of nitrogens with two attached hydrogens (primary N) is 1. The van der Waals surface area contributed by atoms with E-state index < -0.39 is 0 Å². The van der Waals surface area contributed by atoms with Gasteiger partial charge in [-0.1, -0.05) is 23.9 Å². The molecule has 0 spiro atoms. The van der Waals surface area contributed by atoms with E-state index in [1.807, 2.05) is 6.07 Å². The Balaban J connectivity index is 2.34. The summed E-state index contributed by atoms with van der Waals surface area (Å²) in [6.07, 6.45) is 0. The molecule has 0 bridgehead atoms. The van der Waals surface area contributed by atoms with E-state index in [9.17, 15) is 4.39 Å². The van der Waals surface area contributed by atoms with Crippen molar-refractivity contribution in [2.45, 2.75) is 5.16 Å². The van der Waals surface area contributed by atoms with E-state index in [-0.39, 0.29) is 11.6 Å². The van der Waals surface area contributed by atoms with Crippen molar-refractivity contribution >= 4 is 11.8 Å². The monoisotopic (exact) mass is 249 g/mol. The van der Waals surface area contributed by atoms with Crippen LogP contribution in [0.3, 0.4) is 0 Å². The van der Waals surface area contributed by atoms with Crippen LogP contribution < -0.4 is 5.84 Å². The van der Waals surface area contributed by atoms with Crippen LogP contribution in [-0.2, 0) is 0 Å². The van der Waals surface area contributed by atoms with Crippen LogP contribution in [0.25, 0.3) is 11.4 Å². The van der Waals surface area contributed by atoms with Gasteiger partial charge in [0.2, 0.25) is 5.16 Å². The molecule has 0 atom stereocenters. The van der Waals surface area contributed by atoms with Crippen LogP contribution in [0.5, 0.6) is 0 Å². The zero-order valence-electron chi connectivity index (χ0n) is 8.67. The summed E-state index contributed by atoms with van der Waals surface area (Å²) < 4.78 is 14.3. The first-order chi connectivity index (χ1) is 8.22. The average molecular weight is 249 g/mol. The molecule has 1 aromatic carbocycles. The van der Waals surface area contributed by atoms with Gasteiger partial charge in [-0.2, -0.15) is 5.26 Å². The third-order valence-corrected chi connectivity index (χ3v) is 2.82. The van der Waals surface area contributed by atoms with Gasteiger partial charge in [0.15, 0.2) is 5.82 Å². The zero-order chi connectivity index (χ0) is 12.3. The minimum absolute atomic E-state index is 0.235. The molecular formula is C10H8FN5S. The summed E-state index contributed by atoms with van der Waals surface area (Å²) >= 11 is 1.18. The van der Waals surface area contributed by atoms with Crippen molar-refractivity contribution in [2.75, 3.05) is 11.6 Å². The first-order valence-electron chi connectivity index (χ1n) is 4.68. The van der Waals surface area contributed by atoms with Crippen molar-refractivity contribution in [3.63, 3.8) is 0 Å². The van der Waals surface area contributed by atoms with E-state index in [2.05, 4.69) is 10.2 Å². The van der Waals surface area contributed by atoms with Gasteiger partial charge < -0.3 is 5.84 Å². The number of nitrogen functional groups attached to an aromatic ring is 1. The van der Waals surface area contributed by atoms with Crippen molar-refractivity contribution < 1.29 is 4.39 Å². The molecule has 0 amide bonds. The Morgan fingerprint density at radius 3 is 3.00 bits per heavy atom. The van der Waals surface area contributed by atoms with E-state index in [1.165, 1.54) is 28.6 Å². The Morgan fingerprint density at radius 2 is 2.29 bits per heavy atom. The van der Waals surface area contributed by atoms with Crippen molar-refractivity contribution in [3.05, 3.63) is 30.1 Å². The van der Waals surface area contributed by atoms with E-state index in [4.69, 9.17) is 11.1 Å². The highest BCUT2D eigenvalue weighted by Crippen LogP contribution is 2.21. The van der Waals surface area contributed by atoms with Crippen molar-refractivity contribution in [1.29, 1.82) is 5.26 Å². The third-order valence-electron chi connectivity index (χ3n) is 2.01. The van der Waals surface area contributed by atoms with E-state index in [0.717, 1.165) is 0 Å². The number of thioether (sulfide) groups is 1. The van der Waals surface area contributed by atoms with Crippen LogP contribution in [0.2, 0.25) is 0 Å². The lowest BCUT2D eigenvalue weighted by Crippen LogP contribution is -2.11. The summed E-state index contributed by atoms with van der Waals surface area (Å²) in [5, 5.41) is 16.6. The van der Waals surface area contributed by atoms with E-state index in [0.29, 0.717) is 16.5 Å². The van der Waals surface area contributed by atoms with Gasteiger partial charge in [-0.25, -0.2) is 9.07 Å². The Morgan fingerprint density at radius 1 is 1.47 bits per heavy atom. The summed E-state index contributed by atoms with van der Waals surface area (Å²) in [6.45, 7) is 0. The third kappa shape index (κ3) is 2.37. The number of halogens is 1. The number of nitriles is 1. The van der Waals surface area contributed by atoms with Crippen LogP contribution in [0.15, 0.2) is 29.4 Å². The van der Waals surface area contributed by atoms with Crippen LogP contribution in [0, 0.1) is 17.1 Å². The highest BCUT2D eigenvalue weighted by molar-refractivity contribution is 7.99. The second-order valence-corrected chi connectivity index (χ2v) is 4.08. The standard InChI is InChI=1S/C10H8FN5S/c11-8-3-1-2-7(6-8)9-14-15-10(16(9)13)17-5-4-12/h1-3,6H,5,13H2. The molecule has 0 radical (unpaired) electrons. The van der Waals surface area contributed by atoms with Crippen molar-refractivity contribution in [2.24, 2.45) is 0 Å². The van der Waals surface area contributed by atoms with Crippen LogP contribution in [0.4, 0.5) is 4.39 Å². The highest BCUT2D eigenvalue weighted by Gasteiger charge is 2.12. The van der Waals surface area contributed by atoms with Gasteiger partial charge in [-0.05, 0) is 12.1 Å². The van der Waals surface area contributed by atoms with Gasteiger partial charge in [0.05, 0.1) is 11.8 Å².